The highest BCUT2D eigenvalue weighted by molar-refractivity contribution is 5.85. The minimum atomic E-state index is -1.19. The van der Waals surface area contributed by atoms with E-state index in [1.54, 1.807) is 0 Å². The highest BCUT2D eigenvalue weighted by atomic mass is 16.4. The van der Waals surface area contributed by atoms with Crippen LogP contribution in [0.4, 0.5) is 4.79 Å². The summed E-state index contributed by atoms with van der Waals surface area (Å²) in [5.41, 5.74) is -1.19. The lowest BCUT2D eigenvalue weighted by molar-refractivity contribution is -0.144. The molecule has 0 saturated heterocycles. The molecule has 0 heterocycles. The number of carbonyl (C=O) groups excluding carboxylic acids is 1. The predicted molar refractivity (Wildman–Crippen MR) is 67.0 cm³/mol. The van der Waals surface area contributed by atoms with E-state index in [1.165, 1.54) is 6.92 Å². The maximum absolute atomic E-state index is 11.6. The number of hydrogen-bond donors (Lipinski definition) is 3. The Bertz CT molecular complexity index is 268. The van der Waals surface area contributed by atoms with E-state index in [0.717, 1.165) is 12.8 Å². The molecule has 0 aliphatic heterocycles. The highest BCUT2D eigenvalue weighted by Gasteiger charge is 2.33. The lowest BCUT2D eigenvalue weighted by Gasteiger charge is -2.26. The molecule has 2 amide bonds. The van der Waals surface area contributed by atoms with Crippen molar-refractivity contribution in [1.82, 2.24) is 10.6 Å². The Kier molecular flexibility index (Phi) is 6.61. The number of carboxylic acids is 1. The van der Waals surface area contributed by atoms with Crippen molar-refractivity contribution in [1.29, 1.82) is 0 Å². The number of carboxylic acid groups (broad SMARTS) is 1. The van der Waals surface area contributed by atoms with Crippen LogP contribution in [0.2, 0.25) is 0 Å². The van der Waals surface area contributed by atoms with Crippen LogP contribution in [0.15, 0.2) is 0 Å². The predicted octanol–water partition coefficient (Wildman–Crippen LogP) is 2.12. The SMILES string of the molecule is CCCC(C)NC(=O)NC(C)(CCC)C(=O)O. The third-order valence-corrected chi connectivity index (χ3v) is 2.71. The van der Waals surface area contributed by atoms with Gasteiger partial charge in [-0.2, -0.15) is 0 Å². The maximum Gasteiger partial charge on any atom is 0.329 e. The zero-order valence-electron chi connectivity index (χ0n) is 11.2. The van der Waals surface area contributed by atoms with E-state index < -0.39 is 17.5 Å². The van der Waals surface area contributed by atoms with E-state index in [2.05, 4.69) is 10.6 Å². The van der Waals surface area contributed by atoms with Crippen molar-refractivity contribution in [3.05, 3.63) is 0 Å². The molecule has 0 aliphatic rings. The van der Waals surface area contributed by atoms with Crippen molar-refractivity contribution >= 4 is 12.0 Å². The molecule has 0 aromatic heterocycles. The van der Waals surface area contributed by atoms with Crippen LogP contribution >= 0.6 is 0 Å². The Hall–Kier alpha value is -1.26. The van der Waals surface area contributed by atoms with Crippen molar-refractivity contribution in [2.24, 2.45) is 0 Å². The van der Waals surface area contributed by atoms with E-state index in [1.807, 2.05) is 20.8 Å². The van der Waals surface area contributed by atoms with Crippen LogP contribution in [0, 0.1) is 0 Å². The number of amides is 2. The van der Waals surface area contributed by atoms with Gasteiger partial charge in [-0.1, -0.05) is 26.7 Å². The van der Waals surface area contributed by atoms with E-state index in [-0.39, 0.29) is 6.04 Å². The topological polar surface area (TPSA) is 78.4 Å². The Morgan fingerprint density at radius 1 is 1.29 bits per heavy atom. The summed E-state index contributed by atoms with van der Waals surface area (Å²) in [6, 6.07) is -0.357. The second-order valence-electron chi connectivity index (χ2n) is 4.68. The number of rotatable bonds is 7. The van der Waals surface area contributed by atoms with Gasteiger partial charge in [0.2, 0.25) is 0 Å². The molecule has 0 spiro atoms. The van der Waals surface area contributed by atoms with Gasteiger partial charge in [-0.25, -0.2) is 9.59 Å². The molecule has 0 bridgehead atoms. The first kappa shape index (κ1) is 15.7. The van der Waals surface area contributed by atoms with E-state index in [0.29, 0.717) is 12.8 Å². The van der Waals surface area contributed by atoms with Crippen LogP contribution in [0.25, 0.3) is 0 Å². The van der Waals surface area contributed by atoms with Gasteiger partial charge in [0.15, 0.2) is 0 Å². The van der Waals surface area contributed by atoms with Crippen molar-refractivity contribution in [2.45, 2.75) is 65.0 Å². The lowest BCUT2D eigenvalue weighted by atomic mass is 9.96. The average Bonchev–Trinajstić information content (AvgIpc) is 2.17. The molecule has 5 nitrogen and oxygen atoms in total. The van der Waals surface area contributed by atoms with E-state index in [4.69, 9.17) is 5.11 Å². The second-order valence-corrected chi connectivity index (χ2v) is 4.68. The van der Waals surface area contributed by atoms with E-state index >= 15 is 0 Å². The monoisotopic (exact) mass is 244 g/mol. The molecule has 0 aliphatic carbocycles. The van der Waals surface area contributed by atoms with Crippen LogP contribution in [-0.4, -0.2) is 28.7 Å². The number of aliphatic carboxylic acids is 1. The smallest absolute Gasteiger partial charge is 0.329 e. The molecule has 2 unspecified atom stereocenters. The summed E-state index contributed by atoms with van der Waals surface area (Å²) < 4.78 is 0. The average molecular weight is 244 g/mol. The van der Waals surface area contributed by atoms with Gasteiger partial charge in [0.05, 0.1) is 0 Å². The fourth-order valence-corrected chi connectivity index (χ4v) is 1.74. The first-order valence-electron chi connectivity index (χ1n) is 6.17. The summed E-state index contributed by atoms with van der Waals surface area (Å²) in [4.78, 5) is 22.8. The fourth-order valence-electron chi connectivity index (χ4n) is 1.74. The Morgan fingerprint density at radius 2 is 1.88 bits per heavy atom. The third-order valence-electron chi connectivity index (χ3n) is 2.71. The molecule has 100 valence electrons. The Balaban J connectivity index is 4.36. The van der Waals surface area contributed by atoms with Gasteiger partial charge in [0.25, 0.3) is 0 Å². The van der Waals surface area contributed by atoms with Gasteiger partial charge in [0.1, 0.15) is 5.54 Å². The van der Waals surface area contributed by atoms with Crippen molar-refractivity contribution in [3.8, 4) is 0 Å². The summed E-state index contributed by atoms with van der Waals surface area (Å²) in [5.74, 6) is -1.00. The molecule has 0 fully saturated rings. The zero-order chi connectivity index (χ0) is 13.5. The summed E-state index contributed by atoms with van der Waals surface area (Å²) >= 11 is 0. The van der Waals surface area contributed by atoms with Gasteiger partial charge in [0, 0.05) is 6.04 Å². The molecule has 5 heteroatoms. The molecule has 3 N–H and O–H groups in total. The molecular weight excluding hydrogens is 220 g/mol. The fraction of sp³-hybridized carbons (Fsp3) is 0.833. The van der Waals surface area contributed by atoms with Crippen LogP contribution in [0.3, 0.4) is 0 Å². The first-order chi connectivity index (χ1) is 7.85. The van der Waals surface area contributed by atoms with Gasteiger partial charge < -0.3 is 15.7 Å². The third kappa shape index (κ3) is 5.56. The zero-order valence-corrected chi connectivity index (χ0v) is 11.2. The van der Waals surface area contributed by atoms with Crippen LogP contribution in [0.1, 0.15) is 53.4 Å². The molecule has 0 rings (SSSR count). The molecule has 0 aromatic rings. The molecule has 2 atom stereocenters. The number of hydrogen-bond acceptors (Lipinski definition) is 2. The lowest BCUT2D eigenvalue weighted by Crippen LogP contribution is -2.56. The van der Waals surface area contributed by atoms with Crippen molar-refractivity contribution < 1.29 is 14.7 Å². The van der Waals surface area contributed by atoms with Gasteiger partial charge in [-0.05, 0) is 26.7 Å². The normalized spacial score (nSPS) is 15.8. The van der Waals surface area contributed by atoms with Crippen LogP contribution in [-0.2, 0) is 4.79 Å². The van der Waals surface area contributed by atoms with Crippen molar-refractivity contribution in [3.63, 3.8) is 0 Å². The van der Waals surface area contributed by atoms with Crippen molar-refractivity contribution in [2.75, 3.05) is 0 Å². The Morgan fingerprint density at radius 3 is 2.29 bits per heavy atom. The minimum Gasteiger partial charge on any atom is -0.480 e. The first-order valence-corrected chi connectivity index (χ1v) is 6.17. The Labute approximate surface area is 103 Å². The summed E-state index contributed by atoms with van der Waals surface area (Å²) in [5, 5.41) is 14.4. The van der Waals surface area contributed by atoms with Gasteiger partial charge >= 0.3 is 12.0 Å². The van der Waals surface area contributed by atoms with Gasteiger partial charge in [-0.15, -0.1) is 0 Å². The van der Waals surface area contributed by atoms with Crippen LogP contribution < -0.4 is 10.6 Å². The maximum atomic E-state index is 11.6. The minimum absolute atomic E-state index is 0.0553. The second kappa shape index (κ2) is 7.14. The van der Waals surface area contributed by atoms with Crippen LogP contribution in [0.5, 0.6) is 0 Å². The number of nitrogens with one attached hydrogen (secondary N) is 2. The molecule has 17 heavy (non-hydrogen) atoms. The summed E-state index contributed by atoms with van der Waals surface area (Å²) in [6.45, 7) is 7.36. The van der Waals surface area contributed by atoms with E-state index in [9.17, 15) is 9.59 Å². The van der Waals surface area contributed by atoms with Gasteiger partial charge in [-0.3, -0.25) is 0 Å². The number of carbonyl (C=O) groups is 2. The molecule has 0 radical (unpaired) electrons. The quantitative estimate of drug-likeness (QED) is 0.642. The highest BCUT2D eigenvalue weighted by Crippen LogP contribution is 2.12. The molecular formula is C12H24N2O3. The standard InChI is InChI=1S/C12H24N2O3/c1-5-7-9(3)13-11(17)14-12(4,8-6-2)10(15)16/h9H,5-8H2,1-4H3,(H,15,16)(H2,13,14,17). The summed E-state index contributed by atoms with van der Waals surface area (Å²) in [7, 11) is 0. The molecule has 0 saturated carbocycles. The molecule has 0 aromatic carbocycles. The summed E-state index contributed by atoms with van der Waals surface area (Å²) in [6.07, 6.45) is 2.98. The largest absolute Gasteiger partial charge is 0.480 e. The number of urea groups is 1.